The number of rotatable bonds is 9. The van der Waals surface area contributed by atoms with Crippen LogP contribution in [0.5, 0.6) is 0 Å². The van der Waals surface area contributed by atoms with Crippen LogP contribution in [0.3, 0.4) is 0 Å². The molecule has 2 aromatic rings. The summed E-state index contributed by atoms with van der Waals surface area (Å²) in [4.78, 5) is 37.4. The predicted octanol–water partition coefficient (Wildman–Crippen LogP) is 8.40. The number of halogens is 2. The van der Waals surface area contributed by atoms with E-state index in [2.05, 4.69) is 9.89 Å². The van der Waals surface area contributed by atoms with Crippen molar-refractivity contribution in [2.75, 3.05) is 26.2 Å². The molecule has 236 valence electrons. The summed E-state index contributed by atoms with van der Waals surface area (Å²) in [6.07, 6.45) is 2.88. The van der Waals surface area contributed by atoms with Gasteiger partial charge >= 0.3 is 12.2 Å². The van der Waals surface area contributed by atoms with E-state index in [1.807, 2.05) is 41.3 Å². The lowest BCUT2D eigenvalue weighted by Gasteiger charge is -2.34. The van der Waals surface area contributed by atoms with Gasteiger partial charge < -0.3 is 19.3 Å². The number of aliphatic imine (C=N–C) groups is 1. The van der Waals surface area contributed by atoms with E-state index < -0.39 is 23.4 Å². The minimum absolute atomic E-state index is 0.110. The van der Waals surface area contributed by atoms with Gasteiger partial charge in [0.1, 0.15) is 11.2 Å². The zero-order valence-electron chi connectivity index (χ0n) is 26.4. The van der Waals surface area contributed by atoms with E-state index in [4.69, 9.17) is 32.7 Å². The summed E-state index contributed by atoms with van der Waals surface area (Å²) in [7, 11) is 0. The van der Waals surface area contributed by atoms with Gasteiger partial charge in [-0.3, -0.25) is 0 Å². The Hall–Kier alpha value is -2.81. The first-order valence-electron chi connectivity index (χ1n) is 15.0. The minimum atomic E-state index is -0.787. The molecule has 0 atom stereocenters. The number of unbranched alkanes of at least 4 members (excludes halogenated alkanes) is 1. The molecule has 1 aliphatic rings. The first-order valence-corrected chi connectivity index (χ1v) is 15.7. The number of benzene rings is 2. The summed E-state index contributed by atoms with van der Waals surface area (Å²) >= 11 is 12.3. The van der Waals surface area contributed by atoms with E-state index in [1.165, 1.54) is 17.7 Å². The Kier molecular flexibility index (Phi) is 12.7. The Morgan fingerprint density at radius 1 is 0.791 bits per heavy atom. The first-order chi connectivity index (χ1) is 20.2. The van der Waals surface area contributed by atoms with Crippen molar-refractivity contribution < 1.29 is 19.1 Å². The zero-order chi connectivity index (χ0) is 31.6. The van der Waals surface area contributed by atoms with E-state index in [0.29, 0.717) is 23.1 Å². The summed E-state index contributed by atoms with van der Waals surface area (Å²) in [5, 5.41) is 1.21. The van der Waals surface area contributed by atoms with Gasteiger partial charge in [0, 0.05) is 23.1 Å². The molecule has 0 N–H and O–H groups in total. The molecule has 0 bridgehead atoms. The van der Waals surface area contributed by atoms with Gasteiger partial charge in [-0.15, -0.1) is 4.99 Å². The highest BCUT2D eigenvalue weighted by atomic mass is 35.5. The van der Waals surface area contributed by atoms with Crippen LogP contribution in [0, 0.1) is 0 Å². The lowest BCUT2D eigenvalue weighted by Crippen LogP contribution is -2.49. The molecule has 0 radical (unpaired) electrons. The number of carbonyl (C=O) groups excluding carboxylic acids is 2. The van der Waals surface area contributed by atoms with Gasteiger partial charge in [0.05, 0.1) is 6.54 Å². The largest absolute Gasteiger partial charge is 0.443 e. The Labute approximate surface area is 266 Å². The molecule has 1 heterocycles. The van der Waals surface area contributed by atoms with Crippen molar-refractivity contribution in [3.63, 3.8) is 0 Å². The number of ether oxygens (including phenoxy) is 2. The Balaban J connectivity index is 2.04. The fraction of sp³-hybridized carbons (Fsp3) is 0.545. The van der Waals surface area contributed by atoms with Gasteiger partial charge in [-0.05, 0) is 122 Å². The SMILES string of the molecule is CC(C)(C)OC(=O)N=C(N(CCCCN1CCCC1)Cc1ccc(Cl)cc1)N(Cc1ccc(Cl)cc1)C(=O)OC(C)(C)C. The summed E-state index contributed by atoms with van der Waals surface area (Å²) in [6, 6.07) is 14.7. The van der Waals surface area contributed by atoms with Crippen LogP contribution in [0.4, 0.5) is 9.59 Å². The molecule has 0 saturated carbocycles. The smallest absolute Gasteiger partial charge is 0.437 e. The summed E-state index contributed by atoms with van der Waals surface area (Å²) in [6.45, 7) is 15.1. The van der Waals surface area contributed by atoms with Crippen LogP contribution in [-0.4, -0.2) is 70.2 Å². The zero-order valence-corrected chi connectivity index (χ0v) is 27.9. The molecular weight excluding hydrogens is 587 g/mol. The van der Waals surface area contributed by atoms with Crippen LogP contribution in [0.25, 0.3) is 0 Å². The average Bonchev–Trinajstić information content (AvgIpc) is 3.42. The van der Waals surface area contributed by atoms with Gasteiger partial charge in [0.15, 0.2) is 0 Å². The van der Waals surface area contributed by atoms with Gasteiger partial charge in [-0.25, -0.2) is 14.5 Å². The van der Waals surface area contributed by atoms with Gasteiger partial charge in [-0.2, -0.15) is 0 Å². The predicted molar refractivity (Wildman–Crippen MR) is 174 cm³/mol. The van der Waals surface area contributed by atoms with Gasteiger partial charge in [-0.1, -0.05) is 47.5 Å². The van der Waals surface area contributed by atoms with E-state index in [1.54, 1.807) is 53.7 Å². The van der Waals surface area contributed by atoms with Gasteiger partial charge in [0.25, 0.3) is 0 Å². The highest BCUT2D eigenvalue weighted by Gasteiger charge is 2.31. The fourth-order valence-electron chi connectivity index (χ4n) is 4.68. The van der Waals surface area contributed by atoms with Gasteiger partial charge in [0.2, 0.25) is 5.96 Å². The number of guanidine groups is 1. The molecule has 0 aromatic heterocycles. The highest BCUT2D eigenvalue weighted by molar-refractivity contribution is 6.30. The van der Waals surface area contributed by atoms with Crippen molar-refractivity contribution >= 4 is 41.3 Å². The molecule has 3 rings (SSSR count). The van der Waals surface area contributed by atoms with Crippen molar-refractivity contribution in [2.24, 2.45) is 4.99 Å². The molecule has 8 nitrogen and oxygen atoms in total. The van der Waals surface area contributed by atoms with Crippen molar-refractivity contribution in [1.82, 2.24) is 14.7 Å². The van der Waals surface area contributed by atoms with E-state index in [9.17, 15) is 9.59 Å². The summed E-state index contributed by atoms with van der Waals surface area (Å²) in [5.74, 6) is 0.162. The maximum atomic E-state index is 13.8. The topological polar surface area (TPSA) is 74.7 Å². The second-order valence-corrected chi connectivity index (χ2v) is 13.8. The van der Waals surface area contributed by atoms with Crippen LogP contribution in [0.15, 0.2) is 53.5 Å². The third-order valence-corrected chi connectivity index (χ3v) is 7.12. The standard InChI is InChI=1S/C33H46Cl2N4O4/c1-32(2,3)42-30(40)36-29(39(31(41)43-33(4,5)6)24-26-13-17-28(35)18-14-26)38(23-25-11-15-27(34)16-12-25)22-10-9-21-37-19-7-8-20-37/h11-18H,7-10,19-24H2,1-6H3. The molecule has 0 unspecified atom stereocenters. The lowest BCUT2D eigenvalue weighted by atomic mass is 10.2. The molecule has 43 heavy (non-hydrogen) atoms. The van der Waals surface area contributed by atoms with Crippen LogP contribution in [0.1, 0.15) is 78.4 Å². The average molecular weight is 634 g/mol. The Bertz CT molecular complexity index is 1220. The molecule has 1 aliphatic heterocycles. The minimum Gasteiger partial charge on any atom is -0.443 e. The van der Waals surface area contributed by atoms with Crippen molar-refractivity contribution in [1.29, 1.82) is 0 Å². The fourth-order valence-corrected chi connectivity index (χ4v) is 4.93. The van der Waals surface area contributed by atoms with Crippen LogP contribution >= 0.6 is 23.2 Å². The molecule has 10 heteroatoms. The number of likely N-dealkylation sites (tertiary alicyclic amines) is 1. The maximum Gasteiger partial charge on any atom is 0.437 e. The third kappa shape index (κ3) is 12.8. The Morgan fingerprint density at radius 2 is 1.30 bits per heavy atom. The molecule has 0 spiro atoms. The first kappa shape index (κ1) is 34.7. The monoisotopic (exact) mass is 632 g/mol. The van der Waals surface area contributed by atoms with E-state index >= 15 is 0 Å². The second-order valence-electron chi connectivity index (χ2n) is 12.9. The third-order valence-electron chi connectivity index (χ3n) is 6.61. The highest BCUT2D eigenvalue weighted by Crippen LogP contribution is 2.21. The second kappa shape index (κ2) is 15.8. The molecule has 1 saturated heterocycles. The van der Waals surface area contributed by atoms with Crippen LogP contribution in [0.2, 0.25) is 10.0 Å². The number of hydrogen-bond acceptors (Lipinski definition) is 5. The van der Waals surface area contributed by atoms with Crippen molar-refractivity contribution in [2.45, 2.75) is 91.5 Å². The van der Waals surface area contributed by atoms with Crippen LogP contribution < -0.4 is 0 Å². The van der Waals surface area contributed by atoms with Crippen molar-refractivity contribution in [3.8, 4) is 0 Å². The summed E-state index contributed by atoms with van der Waals surface area (Å²) < 4.78 is 11.4. The molecular formula is C33H46Cl2N4O4. The van der Waals surface area contributed by atoms with E-state index in [0.717, 1.165) is 43.6 Å². The summed E-state index contributed by atoms with van der Waals surface area (Å²) in [5.41, 5.74) is 0.211. The lowest BCUT2D eigenvalue weighted by molar-refractivity contribution is 0.0333. The molecule has 2 aromatic carbocycles. The van der Waals surface area contributed by atoms with Crippen LogP contribution in [-0.2, 0) is 22.6 Å². The Morgan fingerprint density at radius 3 is 1.81 bits per heavy atom. The van der Waals surface area contributed by atoms with Crippen molar-refractivity contribution in [3.05, 3.63) is 69.7 Å². The number of nitrogens with zero attached hydrogens (tertiary/aromatic N) is 4. The molecule has 1 fully saturated rings. The number of amides is 2. The molecule has 0 aliphatic carbocycles. The maximum absolute atomic E-state index is 13.8. The number of carbonyl (C=O) groups is 2. The normalized spacial score (nSPS) is 14.5. The quantitative estimate of drug-likeness (QED) is 0.157. The number of hydrogen-bond donors (Lipinski definition) is 0. The molecule has 2 amide bonds. The van der Waals surface area contributed by atoms with E-state index in [-0.39, 0.29) is 12.5 Å².